The van der Waals surface area contributed by atoms with Crippen LogP contribution in [-0.2, 0) is 4.79 Å². The van der Waals surface area contributed by atoms with Crippen LogP contribution in [0.2, 0.25) is 0 Å². The second kappa shape index (κ2) is 10.3. The number of carbonyl (C=O) groups excluding carboxylic acids is 1. The maximum Gasteiger partial charge on any atom is 0.225 e. The van der Waals surface area contributed by atoms with Gasteiger partial charge >= 0.3 is 0 Å². The van der Waals surface area contributed by atoms with Gasteiger partial charge in [0.05, 0.1) is 6.61 Å². The highest BCUT2D eigenvalue weighted by Crippen LogP contribution is 2.33. The Kier molecular flexibility index (Phi) is 8.14. The second-order valence-electron chi connectivity index (χ2n) is 7.11. The van der Waals surface area contributed by atoms with Crippen molar-refractivity contribution >= 4 is 18.3 Å². The molecular formula is C22H29ClN2O2. The van der Waals surface area contributed by atoms with Gasteiger partial charge in [0.15, 0.2) is 0 Å². The number of hydrogen-bond donors (Lipinski definition) is 1. The summed E-state index contributed by atoms with van der Waals surface area (Å²) < 4.78 is 5.73. The molecule has 27 heavy (non-hydrogen) atoms. The quantitative estimate of drug-likeness (QED) is 0.786. The van der Waals surface area contributed by atoms with Gasteiger partial charge < -0.3 is 15.4 Å². The molecule has 0 saturated carbocycles. The second-order valence-corrected chi connectivity index (χ2v) is 7.11. The first-order valence-electron chi connectivity index (χ1n) is 9.40. The molecule has 0 bridgehead atoms. The maximum absolute atomic E-state index is 12.9. The zero-order valence-electron chi connectivity index (χ0n) is 15.8. The van der Waals surface area contributed by atoms with Gasteiger partial charge in [-0.2, -0.15) is 0 Å². The molecule has 1 aliphatic rings. The van der Waals surface area contributed by atoms with Gasteiger partial charge in [-0.15, -0.1) is 12.4 Å². The summed E-state index contributed by atoms with van der Waals surface area (Å²) in [6, 6.07) is 20.1. The predicted octanol–water partition coefficient (Wildman–Crippen LogP) is 3.71. The van der Waals surface area contributed by atoms with Crippen molar-refractivity contribution in [1.82, 2.24) is 4.90 Å². The molecular weight excluding hydrogens is 360 g/mol. The van der Waals surface area contributed by atoms with Crippen LogP contribution < -0.4 is 10.5 Å². The monoisotopic (exact) mass is 388 g/mol. The van der Waals surface area contributed by atoms with E-state index in [2.05, 4.69) is 24.3 Å². The maximum atomic E-state index is 12.9. The number of halogens is 1. The van der Waals surface area contributed by atoms with Crippen molar-refractivity contribution in [2.45, 2.75) is 19.3 Å². The van der Waals surface area contributed by atoms with Gasteiger partial charge in [0.25, 0.3) is 0 Å². The summed E-state index contributed by atoms with van der Waals surface area (Å²) in [6.07, 6.45) is 0.716. The highest BCUT2D eigenvalue weighted by molar-refractivity contribution is 5.85. The Balaban J connectivity index is 0.00000261. The van der Waals surface area contributed by atoms with E-state index in [-0.39, 0.29) is 24.2 Å². The van der Waals surface area contributed by atoms with Crippen molar-refractivity contribution in [2.24, 2.45) is 17.6 Å². The number of ether oxygens (including phenoxy) is 1. The van der Waals surface area contributed by atoms with E-state index in [4.69, 9.17) is 10.5 Å². The molecule has 1 unspecified atom stereocenters. The predicted molar refractivity (Wildman–Crippen MR) is 111 cm³/mol. The van der Waals surface area contributed by atoms with Crippen LogP contribution in [0, 0.1) is 11.8 Å². The Morgan fingerprint density at radius 1 is 1.11 bits per heavy atom. The minimum absolute atomic E-state index is 0. The minimum atomic E-state index is -0.0494. The van der Waals surface area contributed by atoms with E-state index in [1.54, 1.807) is 0 Å². The SMILES string of the molecule is CC(CCOc1ccccc1)C(=O)N1C[C@@H](CN)[C@H](c2ccccc2)C1.Cl. The molecule has 2 N–H and O–H groups in total. The van der Waals surface area contributed by atoms with Crippen LogP contribution in [0.3, 0.4) is 0 Å². The number of likely N-dealkylation sites (tertiary alicyclic amines) is 1. The molecule has 0 aromatic heterocycles. The third-order valence-corrected chi connectivity index (χ3v) is 5.27. The summed E-state index contributed by atoms with van der Waals surface area (Å²) in [5, 5.41) is 0. The molecule has 1 aliphatic heterocycles. The molecule has 3 atom stereocenters. The summed E-state index contributed by atoms with van der Waals surface area (Å²) in [7, 11) is 0. The van der Waals surface area contributed by atoms with Gasteiger partial charge in [0, 0.05) is 24.9 Å². The molecule has 1 fully saturated rings. The Labute approximate surface area is 168 Å². The van der Waals surface area contributed by atoms with E-state index in [0.29, 0.717) is 31.4 Å². The van der Waals surface area contributed by atoms with Crippen LogP contribution in [0.15, 0.2) is 60.7 Å². The normalized spacial score (nSPS) is 20.0. The first-order valence-corrected chi connectivity index (χ1v) is 9.40. The van der Waals surface area contributed by atoms with Crippen LogP contribution >= 0.6 is 12.4 Å². The molecule has 5 heteroatoms. The van der Waals surface area contributed by atoms with E-state index in [1.807, 2.05) is 48.2 Å². The fourth-order valence-electron chi connectivity index (χ4n) is 3.67. The van der Waals surface area contributed by atoms with E-state index in [9.17, 15) is 4.79 Å². The van der Waals surface area contributed by atoms with Crippen LogP contribution in [0.4, 0.5) is 0 Å². The van der Waals surface area contributed by atoms with Crippen LogP contribution in [0.25, 0.3) is 0 Å². The molecule has 146 valence electrons. The van der Waals surface area contributed by atoms with Crippen LogP contribution in [-0.4, -0.2) is 37.0 Å². The summed E-state index contributed by atoms with van der Waals surface area (Å²) in [6.45, 7) is 4.65. The average molecular weight is 389 g/mol. The molecule has 1 amide bonds. The van der Waals surface area contributed by atoms with E-state index in [0.717, 1.165) is 18.8 Å². The van der Waals surface area contributed by atoms with Gasteiger partial charge in [-0.05, 0) is 36.6 Å². The lowest BCUT2D eigenvalue weighted by molar-refractivity contribution is -0.134. The van der Waals surface area contributed by atoms with Crippen molar-refractivity contribution in [1.29, 1.82) is 0 Å². The Bertz CT molecular complexity index is 696. The standard InChI is InChI=1S/C22H28N2O2.ClH/c1-17(12-13-26-20-10-6-3-7-11-20)22(25)24-15-19(14-23)21(16-24)18-8-4-2-5-9-18;/h2-11,17,19,21H,12-16,23H2,1H3;1H/t17?,19-,21+;/m1./s1. The number of nitrogens with zero attached hydrogens (tertiary/aromatic N) is 1. The van der Waals surface area contributed by atoms with E-state index < -0.39 is 0 Å². The minimum Gasteiger partial charge on any atom is -0.494 e. The summed E-state index contributed by atoms with van der Waals surface area (Å²) in [4.78, 5) is 14.8. The Hall–Kier alpha value is -2.04. The highest BCUT2D eigenvalue weighted by atomic mass is 35.5. The molecule has 3 rings (SSSR count). The first-order chi connectivity index (χ1) is 12.7. The molecule has 1 saturated heterocycles. The van der Waals surface area contributed by atoms with Crippen molar-refractivity contribution in [3.8, 4) is 5.75 Å². The third-order valence-electron chi connectivity index (χ3n) is 5.27. The van der Waals surface area contributed by atoms with Gasteiger partial charge in [-0.1, -0.05) is 55.5 Å². The number of amides is 1. The molecule has 0 aliphatic carbocycles. The number of rotatable bonds is 7. The van der Waals surface area contributed by atoms with Gasteiger partial charge in [-0.3, -0.25) is 4.79 Å². The van der Waals surface area contributed by atoms with Crippen molar-refractivity contribution in [2.75, 3.05) is 26.2 Å². The fourth-order valence-corrected chi connectivity index (χ4v) is 3.67. The molecule has 0 radical (unpaired) electrons. The average Bonchev–Trinajstić information content (AvgIpc) is 3.13. The lowest BCUT2D eigenvalue weighted by atomic mass is 9.89. The fraction of sp³-hybridized carbons (Fsp3) is 0.409. The smallest absolute Gasteiger partial charge is 0.225 e. The number of nitrogens with two attached hydrogens (primary N) is 1. The number of para-hydroxylation sites is 1. The zero-order valence-corrected chi connectivity index (χ0v) is 16.6. The van der Waals surface area contributed by atoms with Crippen molar-refractivity contribution in [3.63, 3.8) is 0 Å². The summed E-state index contributed by atoms with van der Waals surface area (Å²) >= 11 is 0. The molecule has 2 aromatic carbocycles. The number of carbonyl (C=O) groups is 1. The summed E-state index contributed by atoms with van der Waals surface area (Å²) in [5.74, 6) is 1.66. The van der Waals surface area contributed by atoms with Crippen molar-refractivity contribution < 1.29 is 9.53 Å². The molecule has 0 spiro atoms. The van der Waals surface area contributed by atoms with Crippen LogP contribution in [0.5, 0.6) is 5.75 Å². The van der Waals surface area contributed by atoms with E-state index >= 15 is 0 Å². The lowest BCUT2D eigenvalue weighted by Gasteiger charge is -2.21. The van der Waals surface area contributed by atoms with Gasteiger partial charge in [-0.25, -0.2) is 0 Å². The zero-order chi connectivity index (χ0) is 18.4. The Morgan fingerprint density at radius 2 is 1.74 bits per heavy atom. The molecule has 2 aromatic rings. The molecule has 1 heterocycles. The van der Waals surface area contributed by atoms with Gasteiger partial charge in [0.2, 0.25) is 5.91 Å². The van der Waals surface area contributed by atoms with Gasteiger partial charge in [0.1, 0.15) is 5.75 Å². The Morgan fingerprint density at radius 3 is 2.37 bits per heavy atom. The van der Waals surface area contributed by atoms with E-state index in [1.165, 1.54) is 5.56 Å². The first kappa shape index (κ1) is 21.3. The van der Waals surface area contributed by atoms with Crippen LogP contribution in [0.1, 0.15) is 24.8 Å². The largest absolute Gasteiger partial charge is 0.494 e. The highest BCUT2D eigenvalue weighted by Gasteiger charge is 2.36. The number of benzene rings is 2. The van der Waals surface area contributed by atoms with Crippen molar-refractivity contribution in [3.05, 3.63) is 66.2 Å². The molecule has 4 nitrogen and oxygen atoms in total. The lowest BCUT2D eigenvalue weighted by Crippen LogP contribution is -2.34. The number of hydrogen-bond acceptors (Lipinski definition) is 3. The summed E-state index contributed by atoms with van der Waals surface area (Å²) in [5.41, 5.74) is 7.26. The third kappa shape index (κ3) is 5.47. The topological polar surface area (TPSA) is 55.6 Å².